The van der Waals surface area contributed by atoms with E-state index in [0.717, 1.165) is 24.9 Å². The summed E-state index contributed by atoms with van der Waals surface area (Å²) in [5.74, 6) is 2.07. The number of hydrogen-bond acceptors (Lipinski definition) is 3. The molecule has 0 bridgehead atoms. The minimum Gasteiger partial charge on any atom is -0.357 e. The van der Waals surface area contributed by atoms with E-state index in [2.05, 4.69) is 20.9 Å². The van der Waals surface area contributed by atoms with Gasteiger partial charge in [-0.05, 0) is 30.5 Å². The van der Waals surface area contributed by atoms with Crippen LogP contribution in [0.25, 0.3) is 0 Å². The average Bonchev–Trinajstić information content (AvgIpc) is 2.92. The van der Waals surface area contributed by atoms with Gasteiger partial charge in [0.05, 0.1) is 6.54 Å². The summed E-state index contributed by atoms with van der Waals surface area (Å²) in [7, 11) is 8.06. The maximum Gasteiger partial charge on any atom is 0.195 e. The van der Waals surface area contributed by atoms with E-state index in [4.69, 9.17) is 0 Å². The predicted octanol–water partition coefficient (Wildman–Crippen LogP) is 2.28. The molecule has 1 fully saturated rings. The SMILES string of the molecule is CN(C)C(=NCc1ccnc(N2CCCC2)c1)N(C)C.I. The molecule has 0 N–H and O–H groups in total. The smallest absolute Gasteiger partial charge is 0.195 e. The lowest BCUT2D eigenvalue weighted by Gasteiger charge is -2.22. The molecule has 1 saturated heterocycles. The van der Waals surface area contributed by atoms with Crippen molar-refractivity contribution in [3.05, 3.63) is 23.9 Å². The van der Waals surface area contributed by atoms with Crippen molar-refractivity contribution in [3.63, 3.8) is 0 Å². The van der Waals surface area contributed by atoms with Gasteiger partial charge in [0, 0.05) is 47.5 Å². The van der Waals surface area contributed by atoms with Crippen molar-refractivity contribution in [1.29, 1.82) is 0 Å². The highest BCUT2D eigenvalue weighted by Gasteiger charge is 2.13. The van der Waals surface area contributed by atoms with Crippen LogP contribution in [0, 0.1) is 0 Å². The predicted molar refractivity (Wildman–Crippen MR) is 99.6 cm³/mol. The van der Waals surface area contributed by atoms with E-state index in [1.165, 1.54) is 18.4 Å². The Hall–Kier alpha value is -1.05. The molecule has 1 aliphatic heterocycles. The number of aliphatic imine (C=N–C) groups is 1. The Labute approximate surface area is 145 Å². The van der Waals surface area contributed by atoms with Crippen molar-refractivity contribution in [2.24, 2.45) is 4.99 Å². The molecular formula is C15H26IN5. The number of nitrogens with zero attached hydrogens (tertiary/aromatic N) is 5. The summed E-state index contributed by atoms with van der Waals surface area (Å²) < 4.78 is 0. The minimum absolute atomic E-state index is 0. The standard InChI is InChI=1S/C15H25N5.HI/c1-18(2)15(19(3)4)17-12-13-7-8-16-14(11-13)20-9-5-6-10-20;/h7-8,11H,5-6,9-10,12H2,1-4H3;1H. The molecule has 1 aliphatic rings. The lowest BCUT2D eigenvalue weighted by molar-refractivity contribution is 0.479. The van der Waals surface area contributed by atoms with Crippen molar-refractivity contribution < 1.29 is 0 Å². The summed E-state index contributed by atoms with van der Waals surface area (Å²) in [6.07, 6.45) is 4.44. The van der Waals surface area contributed by atoms with Crippen LogP contribution in [0.1, 0.15) is 18.4 Å². The summed E-state index contributed by atoms with van der Waals surface area (Å²) in [6.45, 7) is 2.94. The van der Waals surface area contributed by atoms with E-state index in [9.17, 15) is 0 Å². The Morgan fingerprint density at radius 3 is 2.38 bits per heavy atom. The first-order valence-corrected chi connectivity index (χ1v) is 7.17. The van der Waals surface area contributed by atoms with Gasteiger partial charge in [0.2, 0.25) is 0 Å². The van der Waals surface area contributed by atoms with Crippen molar-refractivity contribution in [3.8, 4) is 0 Å². The highest BCUT2D eigenvalue weighted by Crippen LogP contribution is 2.18. The second kappa shape index (κ2) is 8.41. The largest absolute Gasteiger partial charge is 0.357 e. The van der Waals surface area contributed by atoms with E-state index < -0.39 is 0 Å². The fraction of sp³-hybridized carbons (Fsp3) is 0.600. The Kier molecular flexibility index (Phi) is 7.21. The molecule has 0 amide bonds. The molecule has 0 atom stereocenters. The molecule has 0 unspecified atom stereocenters. The Balaban J connectivity index is 0.00000220. The number of halogens is 1. The van der Waals surface area contributed by atoms with Gasteiger partial charge in [-0.25, -0.2) is 9.98 Å². The quantitative estimate of drug-likeness (QED) is 0.441. The molecule has 0 saturated carbocycles. The lowest BCUT2D eigenvalue weighted by Crippen LogP contribution is -2.35. The van der Waals surface area contributed by atoms with Crippen LogP contribution >= 0.6 is 24.0 Å². The number of guanidine groups is 1. The van der Waals surface area contributed by atoms with Crippen LogP contribution in [-0.4, -0.2) is 62.0 Å². The van der Waals surface area contributed by atoms with Gasteiger partial charge >= 0.3 is 0 Å². The number of anilines is 1. The number of aromatic nitrogens is 1. The first-order valence-electron chi connectivity index (χ1n) is 7.17. The summed E-state index contributed by atoms with van der Waals surface area (Å²) in [6, 6.07) is 4.21. The first kappa shape index (κ1) is 18.0. The molecule has 0 aliphatic carbocycles. The molecule has 0 radical (unpaired) electrons. The van der Waals surface area contributed by atoms with Crippen molar-refractivity contribution in [2.75, 3.05) is 46.2 Å². The van der Waals surface area contributed by atoms with E-state index >= 15 is 0 Å². The van der Waals surface area contributed by atoms with Crippen LogP contribution in [0.5, 0.6) is 0 Å². The number of rotatable bonds is 3. The number of pyridine rings is 1. The summed E-state index contributed by atoms with van der Waals surface area (Å²) >= 11 is 0. The van der Waals surface area contributed by atoms with Crippen LogP contribution < -0.4 is 4.90 Å². The molecule has 1 aromatic heterocycles. The third kappa shape index (κ3) is 5.01. The van der Waals surface area contributed by atoms with Crippen molar-refractivity contribution in [1.82, 2.24) is 14.8 Å². The van der Waals surface area contributed by atoms with Gasteiger partial charge in [-0.2, -0.15) is 0 Å². The normalized spacial score (nSPS) is 13.6. The maximum atomic E-state index is 4.68. The molecule has 1 aromatic rings. The summed E-state index contributed by atoms with van der Waals surface area (Å²) in [4.78, 5) is 15.6. The van der Waals surface area contributed by atoms with Crippen LogP contribution in [0.15, 0.2) is 23.3 Å². The van der Waals surface area contributed by atoms with Crippen molar-refractivity contribution in [2.45, 2.75) is 19.4 Å². The fourth-order valence-corrected chi connectivity index (χ4v) is 2.52. The summed E-state index contributed by atoms with van der Waals surface area (Å²) in [5.41, 5.74) is 1.21. The second-order valence-electron chi connectivity index (χ2n) is 5.62. The second-order valence-corrected chi connectivity index (χ2v) is 5.62. The van der Waals surface area contributed by atoms with E-state index in [1.807, 2.05) is 50.3 Å². The zero-order chi connectivity index (χ0) is 14.5. The van der Waals surface area contributed by atoms with E-state index in [-0.39, 0.29) is 24.0 Å². The van der Waals surface area contributed by atoms with Gasteiger partial charge < -0.3 is 14.7 Å². The van der Waals surface area contributed by atoms with E-state index in [1.54, 1.807) is 0 Å². The number of hydrogen-bond donors (Lipinski definition) is 0. The Morgan fingerprint density at radius 2 is 1.81 bits per heavy atom. The highest BCUT2D eigenvalue weighted by molar-refractivity contribution is 14.0. The third-order valence-electron chi connectivity index (χ3n) is 3.44. The zero-order valence-corrected chi connectivity index (χ0v) is 15.7. The Morgan fingerprint density at radius 1 is 1.19 bits per heavy atom. The highest BCUT2D eigenvalue weighted by atomic mass is 127. The van der Waals surface area contributed by atoms with Crippen LogP contribution in [0.2, 0.25) is 0 Å². The molecule has 2 rings (SSSR count). The van der Waals surface area contributed by atoms with E-state index in [0.29, 0.717) is 6.54 Å². The third-order valence-corrected chi connectivity index (χ3v) is 3.44. The zero-order valence-electron chi connectivity index (χ0n) is 13.4. The molecule has 6 heteroatoms. The lowest BCUT2D eigenvalue weighted by atomic mass is 10.2. The van der Waals surface area contributed by atoms with Crippen LogP contribution in [0.4, 0.5) is 5.82 Å². The first-order chi connectivity index (χ1) is 9.58. The van der Waals surface area contributed by atoms with Gasteiger partial charge in [0.1, 0.15) is 5.82 Å². The van der Waals surface area contributed by atoms with Crippen molar-refractivity contribution >= 4 is 35.8 Å². The summed E-state index contributed by atoms with van der Waals surface area (Å²) in [5, 5.41) is 0. The van der Waals surface area contributed by atoms with Gasteiger partial charge in [-0.3, -0.25) is 0 Å². The van der Waals surface area contributed by atoms with Crippen LogP contribution in [-0.2, 0) is 6.54 Å². The molecule has 0 spiro atoms. The molecule has 0 aromatic carbocycles. The molecule has 2 heterocycles. The molecule has 118 valence electrons. The maximum absolute atomic E-state index is 4.68. The minimum atomic E-state index is 0. The Bertz CT molecular complexity index is 457. The van der Waals surface area contributed by atoms with Gasteiger partial charge in [0.25, 0.3) is 0 Å². The van der Waals surface area contributed by atoms with Crippen LogP contribution in [0.3, 0.4) is 0 Å². The van der Waals surface area contributed by atoms with Gasteiger partial charge in [0.15, 0.2) is 5.96 Å². The fourth-order valence-electron chi connectivity index (χ4n) is 2.52. The monoisotopic (exact) mass is 403 g/mol. The van der Waals surface area contributed by atoms with Gasteiger partial charge in [-0.15, -0.1) is 24.0 Å². The topological polar surface area (TPSA) is 35.0 Å². The average molecular weight is 403 g/mol. The molecule has 5 nitrogen and oxygen atoms in total. The molecular weight excluding hydrogens is 377 g/mol. The van der Waals surface area contributed by atoms with Gasteiger partial charge in [-0.1, -0.05) is 0 Å². The molecule has 21 heavy (non-hydrogen) atoms.